The van der Waals surface area contributed by atoms with Crippen LogP contribution in [0.5, 0.6) is 5.75 Å². The molecule has 3 rings (SSSR count). The number of aromatic nitrogens is 2. The maximum Gasteiger partial charge on any atom is 0.274 e. The fourth-order valence-corrected chi connectivity index (χ4v) is 2.73. The molecular weight excluding hydrogens is 302 g/mol. The van der Waals surface area contributed by atoms with E-state index in [1.165, 1.54) is 5.56 Å². The van der Waals surface area contributed by atoms with Crippen LogP contribution in [-0.4, -0.2) is 22.4 Å². The van der Waals surface area contributed by atoms with Crippen molar-refractivity contribution in [2.75, 3.05) is 12.4 Å². The molecule has 0 spiro atoms. The maximum atomic E-state index is 12.7. The molecule has 2 aromatic heterocycles. The van der Waals surface area contributed by atoms with E-state index in [2.05, 4.69) is 24.1 Å². The van der Waals surface area contributed by atoms with Crippen LogP contribution in [0.1, 0.15) is 41.5 Å². The van der Waals surface area contributed by atoms with Gasteiger partial charge in [-0.1, -0.05) is 26.0 Å². The number of amides is 1. The lowest BCUT2D eigenvalue weighted by molar-refractivity contribution is 0.102. The van der Waals surface area contributed by atoms with Gasteiger partial charge in [-0.3, -0.25) is 9.20 Å². The molecule has 5 heteroatoms. The Labute approximate surface area is 141 Å². The number of aryl methyl sites for hydroxylation is 1. The normalized spacial score (nSPS) is 11.0. The topological polar surface area (TPSA) is 55.6 Å². The molecule has 1 amide bonds. The molecule has 0 atom stereocenters. The van der Waals surface area contributed by atoms with Crippen molar-refractivity contribution in [3.8, 4) is 5.75 Å². The fraction of sp³-hybridized carbons (Fsp3) is 0.263. The summed E-state index contributed by atoms with van der Waals surface area (Å²) in [6.45, 7) is 6.11. The third kappa shape index (κ3) is 2.85. The number of rotatable bonds is 4. The quantitative estimate of drug-likeness (QED) is 0.789. The number of nitrogens with one attached hydrogen (secondary N) is 1. The van der Waals surface area contributed by atoms with Crippen molar-refractivity contribution in [1.82, 2.24) is 9.38 Å². The predicted octanol–water partition coefficient (Wildman–Crippen LogP) is 4.03. The number of carbonyl (C=O) groups is 1. The highest BCUT2D eigenvalue weighted by molar-refractivity contribution is 6.04. The average molecular weight is 323 g/mol. The first kappa shape index (κ1) is 16.1. The summed E-state index contributed by atoms with van der Waals surface area (Å²) in [5, 5.41) is 2.94. The second-order valence-electron chi connectivity index (χ2n) is 6.05. The van der Waals surface area contributed by atoms with Gasteiger partial charge in [0.05, 0.1) is 12.8 Å². The number of pyridine rings is 1. The molecule has 0 aliphatic heterocycles. The van der Waals surface area contributed by atoms with E-state index in [0.29, 0.717) is 28.7 Å². The standard InChI is InChI=1S/C19H21N3O2/c1-12(2)14-7-9-15(10-8-14)21-19(23)17-13(3)20-18-16(24-4)6-5-11-22(17)18/h5-12H,1-4H3,(H,21,23). The summed E-state index contributed by atoms with van der Waals surface area (Å²) in [5.74, 6) is 0.912. The summed E-state index contributed by atoms with van der Waals surface area (Å²) in [6, 6.07) is 11.6. The Morgan fingerprint density at radius 3 is 2.54 bits per heavy atom. The van der Waals surface area contributed by atoms with Crippen molar-refractivity contribution in [1.29, 1.82) is 0 Å². The highest BCUT2D eigenvalue weighted by atomic mass is 16.5. The maximum absolute atomic E-state index is 12.7. The summed E-state index contributed by atoms with van der Waals surface area (Å²) in [7, 11) is 1.59. The lowest BCUT2D eigenvalue weighted by Gasteiger charge is -2.09. The Kier molecular flexibility index (Phi) is 4.25. The molecule has 5 nitrogen and oxygen atoms in total. The van der Waals surface area contributed by atoms with Crippen LogP contribution in [0.15, 0.2) is 42.6 Å². The summed E-state index contributed by atoms with van der Waals surface area (Å²) in [5.41, 5.74) is 3.82. The van der Waals surface area contributed by atoms with E-state index in [1.54, 1.807) is 11.5 Å². The minimum absolute atomic E-state index is 0.189. The van der Waals surface area contributed by atoms with Crippen LogP contribution < -0.4 is 10.1 Å². The molecule has 0 saturated carbocycles. The molecule has 1 aromatic carbocycles. The first-order chi connectivity index (χ1) is 11.5. The predicted molar refractivity (Wildman–Crippen MR) is 95.0 cm³/mol. The molecule has 124 valence electrons. The molecule has 0 bridgehead atoms. The molecule has 0 aliphatic carbocycles. The zero-order chi connectivity index (χ0) is 17.3. The van der Waals surface area contributed by atoms with Crippen LogP contribution in [0.25, 0.3) is 5.65 Å². The first-order valence-corrected chi connectivity index (χ1v) is 7.94. The number of imidazole rings is 1. The van der Waals surface area contributed by atoms with Crippen LogP contribution >= 0.6 is 0 Å². The minimum atomic E-state index is -0.189. The van der Waals surface area contributed by atoms with Crippen LogP contribution in [0.2, 0.25) is 0 Å². The fourth-order valence-electron chi connectivity index (χ4n) is 2.73. The molecule has 24 heavy (non-hydrogen) atoms. The Morgan fingerprint density at radius 1 is 1.21 bits per heavy atom. The summed E-state index contributed by atoms with van der Waals surface area (Å²) < 4.78 is 7.07. The Morgan fingerprint density at radius 2 is 1.92 bits per heavy atom. The van der Waals surface area contributed by atoms with Gasteiger partial charge in [-0.2, -0.15) is 0 Å². The number of ether oxygens (including phenoxy) is 1. The average Bonchev–Trinajstić information content (AvgIpc) is 2.91. The molecule has 0 aliphatic rings. The molecule has 0 unspecified atom stereocenters. The third-order valence-electron chi connectivity index (χ3n) is 4.06. The van der Waals surface area contributed by atoms with Gasteiger partial charge in [-0.25, -0.2) is 4.98 Å². The summed E-state index contributed by atoms with van der Waals surface area (Å²) in [4.78, 5) is 17.2. The molecule has 0 fully saturated rings. The highest BCUT2D eigenvalue weighted by Gasteiger charge is 2.18. The first-order valence-electron chi connectivity index (χ1n) is 7.94. The van der Waals surface area contributed by atoms with E-state index >= 15 is 0 Å². The van der Waals surface area contributed by atoms with E-state index in [-0.39, 0.29) is 5.91 Å². The SMILES string of the molecule is COc1cccn2c(C(=O)Nc3ccc(C(C)C)cc3)c(C)nc12. The molecule has 0 saturated heterocycles. The van der Waals surface area contributed by atoms with Gasteiger partial charge in [0, 0.05) is 11.9 Å². The van der Waals surface area contributed by atoms with Crippen molar-refractivity contribution in [3.05, 3.63) is 59.5 Å². The lowest BCUT2D eigenvalue weighted by Crippen LogP contribution is -2.15. The van der Waals surface area contributed by atoms with Crippen molar-refractivity contribution >= 4 is 17.2 Å². The number of nitrogens with zero attached hydrogens (tertiary/aromatic N) is 2. The second kappa shape index (κ2) is 6.35. The van der Waals surface area contributed by atoms with Crippen molar-refractivity contribution in [2.45, 2.75) is 26.7 Å². The number of anilines is 1. The monoisotopic (exact) mass is 323 g/mol. The summed E-state index contributed by atoms with van der Waals surface area (Å²) in [6.07, 6.45) is 1.81. The van der Waals surface area contributed by atoms with E-state index in [1.807, 2.05) is 49.5 Å². The van der Waals surface area contributed by atoms with Gasteiger partial charge in [0.15, 0.2) is 11.4 Å². The number of carbonyl (C=O) groups excluding carboxylic acids is 1. The molecule has 0 radical (unpaired) electrons. The number of hydrogen-bond donors (Lipinski definition) is 1. The van der Waals surface area contributed by atoms with Gasteiger partial charge in [0.2, 0.25) is 0 Å². The molecule has 2 heterocycles. The van der Waals surface area contributed by atoms with Gasteiger partial charge in [0.25, 0.3) is 5.91 Å². The van der Waals surface area contributed by atoms with Crippen LogP contribution in [-0.2, 0) is 0 Å². The largest absolute Gasteiger partial charge is 0.493 e. The molecular formula is C19H21N3O2. The molecule has 1 N–H and O–H groups in total. The van der Waals surface area contributed by atoms with Gasteiger partial charge < -0.3 is 10.1 Å². The van der Waals surface area contributed by atoms with Gasteiger partial charge in [-0.05, 0) is 42.7 Å². The molecule has 3 aromatic rings. The van der Waals surface area contributed by atoms with Gasteiger partial charge in [0.1, 0.15) is 5.69 Å². The third-order valence-corrected chi connectivity index (χ3v) is 4.06. The van der Waals surface area contributed by atoms with Crippen LogP contribution in [0, 0.1) is 6.92 Å². The Hall–Kier alpha value is -2.82. The van der Waals surface area contributed by atoms with E-state index in [4.69, 9.17) is 4.74 Å². The minimum Gasteiger partial charge on any atom is -0.493 e. The van der Waals surface area contributed by atoms with Crippen LogP contribution in [0.3, 0.4) is 0 Å². The highest BCUT2D eigenvalue weighted by Crippen LogP contribution is 2.23. The smallest absolute Gasteiger partial charge is 0.274 e. The van der Waals surface area contributed by atoms with Crippen molar-refractivity contribution < 1.29 is 9.53 Å². The van der Waals surface area contributed by atoms with E-state index < -0.39 is 0 Å². The number of methoxy groups -OCH3 is 1. The Balaban J connectivity index is 1.93. The second-order valence-corrected chi connectivity index (χ2v) is 6.05. The zero-order valence-corrected chi connectivity index (χ0v) is 14.3. The van der Waals surface area contributed by atoms with Gasteiger partial charge >= 0.3 is 0 Å². The number of hydrogen-bond acceptors (Lipinski definition) is 3. The van der Waals surface area contributed by atoms with Crippen molar-refractivity contribution in [3.63, 3.8) is 0 Å². The van der Waals surface area contributed by atoms with E-state index in [0.717, 1.165) is 5.69 Å². The van der Waals surface area contributed by atoms with Crippen LogP contribution in [0.4, 0.5) is 5.69 Å². The summed E-state index contributed by atoms with van der Waals surface area (Å²) >= 11 is 0. The number of fused-ring (bicyclic) bond motifs is 1. The lowest BCUT2D eigenvalue weighted by atomic mass is 10.0. The number of benzene rings is 1. The van der Waals surface area contributed by atoms with Crippen molar-refractivity contribution in [2.24, 2.45) is 0 Å². The Bertz CT molecular complexity index is 880. The zero-order valence-electron chi connectivity index (χ0n) is 14.3. The van der Waals surface area contributed by atoms with E-state index in [9.17, 15) is 4.79 Å². The van der Waals surface area contributed by atoms with Gasteiger partial charge in [-0.15, -0.1) is 0 Å².